The van der Waals surface area contributed by atoms with Crippen molar-refractivity contribution in [2.24, 2.45) is 5.73 Å². The maximum Gasteiger partial charge on any atom is 0.256 e. The van der Waals surface area contributed by atoms with Crippen LogP contribution in [0.5, 0.6) is 11.5 Å². The van der Waals surface area contributed by atoms with Crippen LogP contribution in [0.15, 0.2) is 116 Å². The normalized spacial score (nSPS) is 10.8. The van der Waals surface area contributed by atoms with E-state index in [1.807, 2.05) is 55.5 Å². The molecule has 5 aromatic rings. The molecule has 5 rings (SSSR count). The highest BCUT2D eigenvalue weighted by Crippen LogP contribution is 2.31. The standard InChI is InChI=1S/C46H52FN3O6.C3H5NO.CH3NO/c1-4-9-33(2)50(3)46(53)44-39(32-51)14-6-15-42(44)48-23-25-55-27-26-54-24-8-12-34-10-5-11-36(28-34)31-49-45(52)38-19-22-41-37(29-38)13-7-16-43(41)56-40-20-17-35(30-47)18-21-40;1-2-4-3-5;2-1-3/h5-7,10-11,13-22,28-29,32-33,48H,4,8-9,12,23-27,30-31H2,1-3H3,(H,49,52);2-3H,1H2,(H,4,5);1H,(H2,2,3). The third kappa shape index (κ3) is 17.1. The number of rotatable bonds is 24. The number of hydrogen-bond acceptors (Lipinski definition) is 9. The number of hydrogen-bond donors (Lipinski definition) is 4. The van der Waals surface area contributed by atoms with E-state index >= 15 is 0 Å². The Balaban J connectivity index is 0.00000125. The lowest BCUT2D eigenvalue weighted by Gasteiger charge is -2.26. The summed E-state index contributed by atoms with van der Waals surface area (Å²) in [5, 5.41) is 10.2. The maximum atomic E-state index is 13.3. The van der Waals surface area contributed by atoms with Gasteiger partial charge < -0.3 is 40.8 Å². The monoisotopic (exact) mass is 877 g/mol. The van der Waals surface area contributed by atoms with E-state index in [-0.39, 0.29) is 24.3 Å². The fraction of sp³-hybridized carbons (Fsp3) is 0.300. The number of nitrogens with one attached hydrogen (secondary N) is 3. The number of primary amides is 1. The Bertz CT molecular complexity index is 2230. The summed E-state index contributed by atoms with van der Waals surface area (Å²) in [7, 11) is 1.78. The van der Waals surface area contributed by atoms with Crippen molar-refractivity contribution in [2.45, 2.75) is 58.8 Å². The minimum Gasteiger partial charge on any atom is -0.457 e. The number of nitrogens with two attached hydrogens (primary N) is 1. The smallest absolute Gasteiger partial charge is 0.256 e. The number of amides is 4. The van der Waals surface area contributed by atoms with Crippen LogP contribution in [-0.2, 0) is 38.7 Å². The molecule has 5 N–H and O–H groups in total. The Morgan fingerprint density at radius 2 is 1.56 bits per heavy atom. The van der Waals surface area contributed by atoms with Crippen molar-refractivity contribution < 1.29 is 42.6 Å². The van der Waals surface area contributed by atoms with Crippen molar-refractivity contribution in [3.63, 3.8) is 0 Å². The summed E-state index contributed by atoms with van der Waals surface area (Å²) >= 11 is 0. The molecule has 0 aliphatic carbocycles. The van der Waals surface area contributed by atoms with Gasteiger partial charge in [0.05, 0.1) is 25.4 Å². The predicted octanol–water partition coefficient (Wildman–Crippen LogP) is 8.16. The second-order valence-electron chi connectivity index (χ2n) is 14.4. The Morgan fingerprint density at radius 1 is 0.859 bits per heavy atom. The van der Waals surface area contributed by atoms with Crippen molar-refractivity contribution >= 4 is 47.4 Å². The summed E-state index contributed by atoms with van der Waals surface area (Å²) in [6.07, 6.45) is 6.39. The molecule has 64 heavy (non-hydrogen) atoms. The quantitative estimate of drug-likeness (QED) is 0.0352. The van der Waals surface area contributed by atoms with E-state index in [4.69, 9.17) is 19.0 Å². The number of carbonyl (C=O) groups is 5. The fourth-order valence-electron chi connectivity index (χ4n) is 6.49. The van der Waals surface area contributed by atoms with Crippen LogP contribution in [0.3, 0.4) is 0 Å². The summed E-state index contributed by atoms with van der Waals surface area (Å²) in [6, 6.07) is 31.6. The number of fused-ring (bicyclic) bond motifs is 1. The molecule has 0 saturated carbocycles. The van der Waals surface area contributed by atoms with Crippen LogP contribution < -0.4 is 26.4 Å². The van der Waals surface area contributed by atoms with Gasteiger partial charge in [0.1, 0.15) is 18.2 Å². The van der Waals surface area contributed by atoms with Gasteiger partial charge in [-0.2, -0.15) is 0 Å². The average Bonchev–Trinajstić information content (AvgIpc) is 3.31. The first-order chi connectivity index (χ1) is 31.1. The topological polar surface area (TPSA) is 178 Å². The molecule has 0 spiro atoms. The van der Waals surface area contributed by atoms with Crippen molar-refractivity contribution in [3.05, 3.63) is 149 Å². The van der Waals surface area contributed by atoms with Crippen LogP contribution in [0.4, 0.5) is 10.1 Å². The molecule has 340 valence electrons. The number of ether oxygens (including phenoxy) is 3. The van der Waals surface area contributed by atoms with Crippen LogP contribution >= 0.6 is 0 Å². The Kier molecular flexibility index (Phi) is 23.6. The molecule has 0 saturated heterocycles. The number of anilines is 1. The highest BCUT2D eigenvalue weighted by molar-refractivity contribution is 6.06. The van der Waals surface area contributed by atoms with E-state index in [1.54, 1.807) is 54.4 Å². The van der Waals surface area contributed by atoms with Gasteiger partial charge in [0.15, 0.2) is 6.29 Å². The van der Waals surface area contributed by atoms with Crippen LogP contribution in [0.1, 0.15) is 80.9 Å². The van der Waals surface area contributed by atoms with Crippen molar-refractivity contribution in [3.8, 4) is 11.5 Å². The summed E-state index contributed by atoms with van der Waals surface area (Å²) < 4.78 is 30.5. The first-order valence-electron chi connectivity index (χ1n) is 21.1. The molecule has 4 amide bonds. The maximum absolute atomic E-state index is 13.3. The number of nitrogens with zero attached hydrogens (tertiary/aromatic N) is 1. The predicted molar refractivity (Wildman–Crippen MR) is 249 cm³/mol. The summed E-state index contributed by atoms with van der Waals surface area (Å²) in [6.45, 7) is 9.59. The molecule has 0 heterocycles. The molecule has 0 aliphatic heterocycles. The molecule has 0 fully saturated rings. The van der Waals surface area contributed by atoms with Crippen LogP contribution in [0, 0.1) is 0 Å². The molecular weight excluding hydrogens is 818 g/mol. The van der Waals surface area contributed by atoms with E-state index in [2.05, 4.69) is 47.3 Å². The average molecular weight is 878 g/mol. The number of halogens is 1. The minimum absolute atomic E-state index is 0.0660. The second-order valence-corrected chi connectivity index (χ2v) is 14.4. The Morgan fingerprint density at radius 3 is 2.23 bits per heavy atom. The third-order valence-electron chi connectivity index (χ3n) is 9.85. The zero-order chi connectivity index (χ0) is 46.5. The van der Waals surface area contributed by atoms with E-state index in [0.717, 1.165) is 48.3 Å². The highest BCUT2D eigenvalue weighted by Gasteiger charge is 2.23. The number of aldehydes is 1. The van der Waals surface area contributed by atoms with Gasteiger partial charge in [-0.3, -0.25) is 24.0 Å². The van der Waals surface area contributed by atoms with Gasteiger partial charge in [0.25, 0.3) is 11.8 Å². The van der Waals surface area contributed by atoms with Crippen LogP contribution in [-0.4, -0.2) is 81.9 Å². The molecule has 1 unspecified atom stereocenters. The molecule has 0 radical (unpaired) electrons. The lowest BCUT2D eigenvalue weighted by Crippen LogP contribution is -2.36. The van der Waals surface area contributed by atoms with Crippen molar-refractivity contribution in [2.75, 3.05) is 45.3 Å². The molecule has 0 aromatic heterocycles. The molecule has 1 atom stereocenters. The summed E-state index contributed by atoms with van der Waals surface area (Å²) in [5.41, 5.74) is 8.87. The van der Waals surface area contributed by atoms with Crippen molar-refractivity contribution in [1.82, 2.24) is 15.5 Å². The first-order valence-corrected chi connectivity index (χ1v) is 21.1. The minimum atomic E-state index is -0.520. The number of alkyl halides is 1. The zero-order valence-electron chi connectivity index (χ0n) is 36.9. The van der Waals surface area contributed by atoms with Crippen molar-refractivity contribution in [1.29, 1.82) is 0 Å². The van der Waals surface area contributed by atoms with Crippen LogP contribution in [0.2, 0.25) is 0 Å². The van der Waals surface area contributed by atoms with Gasteiger partial charge >= 0.3 is 0 Å². The first kappa shape index (κ1) is 51.5. The van der Waals surface area contributed by atoms with Crippen LogP contribution in [0.25, 0.3) is 10.8 Å². The third-order valence-corrected chi connectivity index (χ3v) is 9.85. The zero-order valence-corrected chi connectivity index (χ0v) is 36.9. The largest absolute Gasteiger partial charge is 0.457 e. The molecule has 0 aliphatic rings. The Hall–Kier alpha value is -6.90. The van der Waals surface area contributed by atoms with Gasteiger partial charge in [0, 0.05) is 55.0 Å². The number of benzene rings is 5. The van der Waals surface area contributed by atoms with Gasteiger partial charge in [-0.15, -0.1) is 0 Å². The van der Waals surface area contributed by atoms with Gasteiger partial charge in [-0.25, -0.2) is 4.39 Å². The lowest BCUT2D eigenvalue weighted by atomic mass is 10.0. The van der Waals surface area contributed by atoms with E-state index in [0.29, 0.717) is 85.4 Å². The molecular formula is C50H60FN5O8. The second kappa shape index (κ2) is 29.4. The molecule has 0 bridgehead atoms. The van der Waals surface area contributed by atoms with E-state index in [1.165, 1.54) is 11.8 Å². The summed E-state index contributed by atoms with van der Waals surface area (Å²) in [4.78, 5) is 57.6. The fourth-order valence-corrected chi connectivity index (χ4v) is 6.49. The van der Waals surface area contributed by atoms with Gasteiger partial charge in [0.2, 0.25) is 12.8 Å². The molecule has 5 aromatic carbocycles. The van der Waals surface area contributed by atoms with Gasteiger partial charge in [-0.1, -0.05) is 80.6 Å². The van der Waals surface area contributed by atoms with E-state index < -0.39 is 6.67 Å². The summed E-state index contributed by atoms with van der Waals surface area (Å²) in [5.74, 6) is 0.935. The number of aryl methyl sites for hydroxylation is 1. The molecule has 14 heteroatoms. The lowest BCUT2D eigenvalue weighted by molar-refractivity contribution is -0.109. The highest BCUT2D eigenvalue weighted by atomic mass is 19.1. The molecule has 13 nitrogen and oxygen atoms in total. The van der Waals surface area contributed by atoms with Gasteiger partial charge in [-0.05, 0) is 96.9 Å². The Labute approximate surface area is 375 Å². The number of carbonyl (C=O) groups excluding carboxylic acids is 5. The SMILES string of the molecule is C=CNC=O.CCCC(C)N(C)C(=O)c1c(C=O)cccc1NCCOCCOCCCc1cccc(CNC(=O)c2ccc3c(Oc4ccc(CF)cc4)cccc3c2)c1.NC=O. The van der Waals surface area contributed by atoms with E-state index in [9.17, 15) is 23.6 Å².